The van der Waals surface area contributed by atoms with E-state index in [1.54, 1.807) is 11.9 Å². The Labute approximate surface area is 166 Å². The van der Waals surface area contributed by atoms with Crippen LogP contribution in [0.2, 0.25) is 0 Å². The van der Waals surface area contributed by atoms with E-state index in [0.717, 1.165) is 31.9 Å². The topological polar surface area (TPSA) is 41.1 Å². The number of hydrogen-bond donors (Lipinski definition) is 1. The van der Waals surface area contributed by atoms with E-state index in [-0.39, 0.29) is 0 Å². The molecule has 2 heterocycles. The van der Waals surface area contributed by atoms with Crippen LogP contribution in [0.3, 0.4) is 0 Å². The summed E-state index contributed by atoms with van der Waals surface area (Å²) < 4.78 is 3.61. The molecule has 1 saturated heterocycles. The van der Waals surface area contributed by atoms with Gasteiger partial charge in [0.1, 0.15) is 0 Å². The van der Waals surface area contributed by atoms with E-state index >= 15 is 0 Å². The first-order chi connectivity index (χ1) is 13.3. The van der Waals surface area contributed by atoms with Crippen molar-refractivity contribution in [1.82, 2.24) is 14.7 Å². The van der Waals surface area contributed by atoms with Crippen LogP contribution in [-0.4, -0.2) is 29.3 Å². The van der Waals surface area contributed by atoms with Crippen LogP contribution in [0.15, 0.2) is 18.2 Å². The Morgan fingerprint density at radius 2 is 1.96 bits per heavy atom. The molecule has 0 spiro atoms. The number of anilines is 1. The van der Waals surface area contributed by atoms with Crippen molar-refractivity contribution in [2.75, 3.05) is 24.2 Å². The van der Waals surface area contributed by atoms with Crippen LogP contribution >= 0.6 is 11.9 Å². The van der Waals surface area contributed by atoms with Crippen LogP contribution in [0.4, 0.5) is 5.95 Å². The van der Waals surface area contributed by atoms with E-state index in [1.807, 2.05) is 0 Å². The molecule has 0 radical (unpaired) electrons. The molecule has 1 fully saturated rings. The monoisotopic (exact) mass is 380 g/mol. The van der Waals surface area contributed by atoms with Gasteiger partial charge in [-0.25, -0.2) is 9.97 Å². The van der Waals surface area contributed by atoms with Gasteiger partial charge < -0.3 is 4.90 Å². The second-order valence-electron chi connectivity index (χ2n) is 8.03. The molecule has 5 rings (SSSR count). The van der Waals surface area contributed by atoms with Gasteiger partial charge in [0, 0.05) is 36.0 Å². The smallest absolute Gasteiger partial charge is 0.226 e. The Hall–Kier alpha value is -1.59. The quantitative estimate of drug-likeness (QED) is 0.626. The summed E-state index contributed by atoms with van der Waals surface area (Å²) in [7, 11) is 0. The van der Waals surface area contributed by atoms with Crippen molar-refractivity contribution < 1.29 is 0 Å². The van der Waals surface area contributed by atoms with E-state index < -0.39 is 0 Å². The number of nitrogens with one attached hydrogen (secondary N) is 1. The van der Waals surface area contributed by atoms with Crippen LogP contribution in [0.25, 0.3) is 11.3 Å². The third kappa shape index (κ3) is 3.25. The molecule has 1 aromatic heterocycles. The van der Waals surface area contributed by atoms with E-state index in [1.165, 1.54) is 72.2 Å². The van der Waals surface area contributed by atoms with Crippen molar-refractivity contribution in [2.45, 2.75) is 57.4 Å². The van der Waals surface area contributed by atoms with Crippen molar-refractivity contribution in [2.24, 2.45) is 0 Å². The number of nitrogens with zero attached hydrogens (tertiary/aromatic N) is 3. The van der Waals surface area contributed by atoms with Gasteiger partial charge in [0.25, 0.3) is 0 Å². The zero-order chi connectivity index (χ0) is 18.2. The molecule has 0 saturated carbocycles. The lowest BCUT2D eigenvalue weighted by atomic mass is 9.95. The molecule has 2 aromatic rings. The van der Waals surface area contributed by atoms with E-state index in [4.69, 9.17) is 9.97 Å². The van der Waals surface area contributed by atoms with Gasteiger partial charge in [0.15, 0.2) is 0 Å². The van der Waals surface area contributed by atoms with E-state index in [9.17, 15) is 0 Å². The molecule has 2 aliphatic carbocycles. The Balaban J connectivity index is 1.57. The van der Waals surface area contributed by atoms with Crippen molar-refractivity contribution in [3.8, 4) is 11.3 Å². The Morgan fingerprint density at radius 1 is 1.04 bits per heavy atom. The lowest BCUT2D eigenvalue weighted by molar-refractivity contribution is 0.586. The molecule has 1 aliphatic heterocycles. The normalized spacial score (nSPS) is 21.4. The summed E-state index contributed by atoms with van der Waals surface area (Å²) in [4.78, 5) is 12.3. The fourth-order valence-electron chi connectivity index (χ4n) is 4.71. The van der Waals surface area contributed by atoms with E-state index in [0.29, 0.717) is 6.04 Å². The first-order valence-corrected chi connectivity index (χ1v) is 11.6. The highest BCUT2D eigenvalue weighted by atomic mass is 32.2. The number of aryl methyl sites for hydroxylation is 2. The fraction of sp³-hybridized carbons (Fsp3) is 0.545. The molecule has 4 nitrogen and oxygen atoms in total. The van der Waals surface area contributed by atoms with Crippen LogP contribution in [-0.2, 0) is 19.3 Å². The van der Waals surface area contributed by atoms with Crippen molar-refractivity contribution in [1.29, 1.82) is 0 Å². The SMILES string of the molecule is CSNC1CCCCc2cc(-c3nc(N4CCC4)nc4c3CCC4)ccc21. The van der Waals surface area contributed by atoms with Gasteiger partial charge in [0.2, 0.25) is 5.95 Å². The molecular formula is C22H28N4S. The van der Waals surface area contributed by atoms with Crippen LogP contribution in [0.1, 0.15) is 60.5 Å². The van der Waals surface area contributed by atoms with E-state index in [2.05, 4.69) is 34.1 Å². The van der Waals surface area contributed by atoms with Gasteiger partial charge in [0.05, 0.1) is 5.69 Å². The Morgan fingerprint density at radius 3 is 2.78 bits per heavy atom. The highest BCUT2D eigenvalue weighted by Crippen LogP contribution is 2.36. The molecule has 0 bridgehead atoms. The molecule has 1 N–H and O–H groups in total. The molecule has 142 valence electrons. The average Bonchev–Trinajstić information content (AvgIpc) is 3.02. The number of fused-ring (bicyclic) bond motifs is 2. The summed E-state index contributed by atoms with van der Waals surface area (Å²) in [6.45, 7) is 2.20. The van der Waals surface area contributed by atoms with Crippen molar-refractivity contribution >= 4 is 17.9 Å². The summed E-state index contributed by atoms with van der Waals surface area (Å²) in [6.07, 6.45) is 11.8. The van der Waals surface area contributed by atoms with Crippen molar-refractivity contribution in [3.63, 3.8) is 0 Å². The predicted octanol–water partition coefficient (Wildman–Crippen LogP) is 4.48. The summed E-state index contributed by atoms with van der Waals surface area (Å²) >= 11 is 1.74. The average molecular weight is 381 g/mol. The number of rotatable bonds is 4. The van der Waals surface area contributed by atoms with Gasteiger partial charge >= 0.3 is 0 Å². The van der Waals surface area contributed by atoms with Crippen molar-refractivity contribution in [3.05, 3.63) is 40.6 Å². The third-order valence-corrected chi connectivity index (χ3v) is 6.82. The maximum atomic E-state index is 5.06. The fourth-order valence-corrected chi connectivity index (χ4v) is 5.24. The van der Waals surface area contributed by atoms with Gasteiger partial charge in [-0.05, 0) is 68.4 Å². The summed E-state index contributed by atoms with van der Waals surface area (Å²) in [5, 5.41) is 0. The zero-order valence-electron chi connectivity index (χ0n) is 16.1. The number of hydrogen-bond acceptors (Lipinski definition) is 5. The molecular weight excluding hydrogens is 352 g/mol. The predicted molar refractivity (Wildman–Crippen MR) is 113 cm³/mol. The molecule has 5 heteroatoms. The molecule has 0 amide bonds. The highest BCUT2D eigenvalue weighted by molar-refractivity contribution is 7.96. The first kappa shape index (κ1) is 17.5. The molecule has 27 heavy (non-hydrogen) atoms. The maximum absolute atomic E-state index is 5.06. The third-order valence-electron chi connectivity index (χ3n) is 6.30. The first-order valence-electron chi connectivity index (χ1n) is 10.4. The highest BCUT2D eigenvalue weighted by Gasteiger charge is 2.26. The van der Waals surface area contributed by atoms with Crippen LogP contribution < -0.4 is 9.62 Å². The molecule has 1 atom stereocenters. The number of benzene rings is 1. The second kappa shape index (κ2) is 7.44. The lowest BCUT2D eigenvalue weighted by Gasteiger charge is -2.31. The van der Waals surface area contributed by atoms with Gasteiger partial charge in [-0.2, -0.15) is 0 Å². The van der Waals surface area contributed by atoms with Gasteiger partial charge in [-0.1, -0.05) is 30.5 Å². The Bertz CT molecular complexity index is 846. The summed E-state index contributed by atoms with van der Waals surface area (Å²) in [5.41, 5.74) is 8.17. The minimum absolute atomic E-state index is 0.472. The maximum Gasteiger partial charge on any atom is 0.226 e. The number of aromatic nitrogens is 2. The lowest BCUT2D eigenvalue weighted by Crippen LogP contribution is -2.38. The van der Waals surface area contributed by atoms with Gasteiger partial charge in [-0.3, -0.25) is 4.72 Å². The zero-order valence-corrected chi connectivity index (χ0v) is 16.9. The van der Waals surface area contributed by atoms with Crippen LogP contribution in [0, 0.1) is 0 Å². The molecule has 1 unspecified atom stereocenters. The minimum atomic E-state index is 0.472. The molecule has 3 aliphatic rings. The summed E-state index contributed by atoms with van der Waals surface area (Å²) in [5.74, 6) is 0.953. The largest absolute Gasteiger partial charge is 0.341 e. The van der Waals surface area contributed by atoms with Crippen LogP contribution in [0.5, 0.6) is 0 Å². The van der Waals surface area contributed by atoms with Gasteiger partial charge in [-0.15, -0.1) is 0 Å². The summed E-state index contributed by atoms with van der Waals surface area (Å²) in [6, 6.07) is 7.56. The molecule has 1 aromatic carbocycles. The Kier molecular flexibility index (Phi) is 4.82. The minimum Gasteiger partial charge on any atom is -0.341 e. The second-order valence-corrected chi connectivity index (χ2v) is 8.67. The standard InChI is InChI=1S/C22H28N4S/c1-27-25-20-8-3-2-6-15-14-16(10-11-17(15)20)21-18-7-4-9-19(18)23-22(24-21)26-12-5-13-26/h10-11,14,20,25H,2-9,12-13H2,1H3.